The molecule has 0 radical (unpaired) electrons. The van der Waals surface area contributed by atoms with Gasteiger partial charge in [-0.2, -0.15) is 4.37 Å². The van der Waals surface area contributed by atoms with Crippen LogP contribution in [0, 0.1) is 5.92 Å². The van der Waals surface area contributed by atoms with E-state index in [9.17, 15) is 5.11 Å². The van der Waals surface area contributed by atoms with Crippen molar-refractivity contribution in [2.24, 2.45) is 5.92 Å². The molecule has 1 fully saturated rings. The molecule has 0 aliphatic heterocycles. The number of anilines is 1. The Morgan fingerprint density at radius 2 is 2.12 bits per heavy atom. The summed E-state index contributed by atoms with van der Waals surface area (Å²) in [5.74, 6) is 1.64. The fourth-order valence-electron chi connectivity index (χ4n) is 2.23. The Morgan fingerprint density at radius 3 is 2.82 bits per heavy atom. The van der Waals surface area contributed by atoms with Crippen LogP contribution in [0.25, 0.3) is 0 Å². The van der Waals surface area contributed by atoms with E-state index < -0.39 is 0 Å². The zero-order valence-electron chi connectivity index (χ0n) is 10.4. The lowest BCUT2D eigenvalue weighted by molar-refractivity contribution is 0.111. The summed E-state index contributed by atoms with van der Waals surface area (Å²) in [6.45, 7) is 3.11. The van der Waals surface area contributed by atoms with Gasteiger partial charge in [0, 0.05) is 24.5 Å². The van der Waals surface area contributed by atoms with E-state index in [2.05, 4.69) is 21.6 Å². The largest absolute Gasteiger partial charge is 0.393 e. The topological polar surface area (TPSA) is 58.0 Å². The van der Waals surface area contributed by atoms with Crippen molar-refractivity contribution in [1.29, 1.82) is 0 Å². The van der Waals surface area contributed by atoms with Gasteiger partial charge < -0.3 is 10.4 Å². The molecule has 1 heterocycles. The van der Waals surface area contributed by atoms with E-state index in [4.69, 9.17) is 0 Å². The number of nitrogens with one attached hydrogen (secondary N) is 1. The zero-order chi connectivity index (χ0) is 12.1. The molecule has 0 spiro atoms. The molecule has 4 nitrogen and oxygen atoms in total. The maximum atomic E-state index is 9.43. The van der Waals surface area contributed by atoms with Gasteiger partial charge in [0.05, 0.1) is 6.10 Å². The lowest BCUT2D eigenvalue weighted by Gasteiger charge is -2.25. The highest BCUT2D eigenvalue weighted by Crippen LogP contribution is 2.24. The van der Waals surface area contributed by atoms with Gasteiger partial charge in [0.2, 0.25) is 5.13 Å². The molecule has 1 aromatic heterocycles. The molecule has 0 amide bonds. The lowest BCUT2D eigenvalue weighted by Crippen LogP contribution is -2.23. The normalized spacial score (nSPS) is 24.8. The Kier molecular flexibility index (Phi) is 4.74. The summed E-state index contributed by atoms with van der Waals surface area (Å²) in [6.07, 6.45) is 6.13. The van der Waals surface area contributed by atoms with E-state index in [0.717, 1.165) is 56.0 Å². The fourth-order valence-corrected chi connectivity index (χ4v) is 2.85. The van der Waals surface area contributed by atoms with E-state index >= 15 is 0 Å². The Hall–Kier alpha value is -0.680. The maximum absolute atomic E-state index is 9.43. The number of aromatic nitrogens is 2. The van der Waals surface area contributed by atoms with Crippen molar-refractivity contribution >= 4 is 16.7 Å². The van der Waals surface area contributed by atoms with Crippen LogP contribution in [0.5, 0.6) is 0 Å². The second-order valence-corrected chi connectivity index (χ2v) is 5.57. The highest BCUT2D eigenvalue weighted by Gasteiger charge is 2.19. The van der Waals surface area contributed by atoms with Gasteiger partial charge in [-0.1, -0.05) is 6.92 Å². The Labute approximate surface area is 107 Å². The van der Waals surface area contributed by atoms with E-state index in [0.29, 0.717) is 5.92 Å². The van der Waals surface area contributed by atoms with Gasteiger partial charge in [-0.3, -0.25) is 0 Å². The van der Waals surface area contributed by atoms with Gasteiger partial charge in [0.25, 0.3) is 0 Å². The molecule has 0 saturated heterocycles. The third kappa shape index (κ3) is 3.92. The van der Waals surface area contributed by atoms with Crippen LogP contribution in [0.3, 0.4) is 0 Å². The van der Waals surface area contributed by atoms with Crippen molar-refractivity contribution in [1.82, 2.24) is 9.36 Å². The van der Waals surface area contributed by atoms with Crippen molar-refractivity contribution < 1.29 is 5.11 Å². The SMILES string of the molecule is CCCc1nsc(NCC2CCC(O)CC2)n1. The molecule has 1 aliphatic carbocycles. The number of rotatable bonds is 5. The highest BCUT2D eigenvalue weighted by atomic mass is 32.1. The molecule has 1 saturated carbocycles. The third-order valence-electron chi connectivity index (χ3n) is 3.30. The van der Waals surface area contributed by atoms with E-state index in [-0.39, 0.29) is 6.10 Å². The van der Waals surface area contributed by atoms with Crippen molar-refractivity contribution in [3.05, 3.63) is 5.82 Å². The number of hydrogen-bond acceptors (Lipinski definition) is 5. The standard InChI is InChI=1S/C12H21N3OS/c1-2-3-11-14-12(17-15-11)13-8-9-4-6-10(16)7-5-9/h9-10,16H,2-8H2,1H3,(H,13,14,15). The van der Waals surface area contributed by atoms with Crippen LogP contribution in [0.4, 0.5) is 5.13 Å². The number of nitrogens with zero attached hydrogens (tertiary/aromatic N) is 2. The molecule has 1 aliphatic rings. The summed E-state index contributed by atoms with van der Waals surface area (Å²) in [6, 6.07) is 0. The minimum absolute atomic E-state index is 0.0658. The molecule has 2 N–H and O–H groups in total. The smallest absolute Gasteiger partial charge is 0.202 e. The van der Waals surface area contributed by atoms with E-state index in [1.165, 1.54) is 11.5 Å². The fraction of sp³-hybridized carbons (Fsp3) is 0.833. The van der Waals surface area contributed by atoms with Crippen LogP contribution >= 0.6 is 11.5 Å². The molecular formula is C12H21N3OS. The minimum atomic E-state index is -0.0658. The van der Waals surface area contributed by atoms with Crippen molar-refractivity contribution in [3.8, 4) is 0 Å². The van der Waals surface area contributed by atoms with Crippen molar-refractivity contribution in [3.63, 3.8) is 0 Å². The van der Waals surface area contributed by atoms with Gasteiger partial charge in [-0.15, -0.1) is 0 Å². The summed E-state index contributed by atoms with van der Waals surface area (Å²) in [4.78, 5) is 4.45. The molecule has 5 heteroatoms. The van der Waals surface area contributed by atoms with Crippen molar-refractivity contribution in [2.75, 3.05) is 11.9 Å². The predicted molar refractivity (Wildman–Crippen MR) is 70.4 cm³/mol. The molecule has 96 valence electrons. The van der Waals surface area contributed by atoms with Crippen LogP contribution in [0.15, 0.2) is 0 Å². The first kappa shape index (κ1) is 12.8. The van der Waals surface area contributed by atoms with Crippen LogP contribution in [-0.2, 0) is 6.42 Å². The molecular weight excluding hydrogens is 234 g/mol. The summed E-state index contributed by atoms with van der Waals surface area (Å²) in [5.41, 5.74) is 0. The second-order valence-electron chi connectivity index (χ2n) is 4.82. The van der Waals surface area contributed by atoms with Crippen LogP contribution < -0.4 is 5.32 Å². The van der Waals surface area contributed by atoms with Gasteiger partial charge in [-0.25, -0.2) is 4.98 Å². The Morgan fingerprint density at radius 1 is 1.35 bits per heavy atom. The molecule has 2 rings (SSSR count). The maximum Gasteiger partial charge on any atom is 0.202 e. The summed E-state index contributed by atoms with van der Waals surface area (Å²) < 4.78 is 4.31. The average molecular weight is 255 g/mol. The Balaban J connectivity index is 1.73. The molecule has 17 heavy (non-hydrogen) atoms. The van der Waals surface area contributed by atoms with Gasteiger partial charge in [-0.05, 0) is 38.0 Å². The first-order valence-corrected chi connectivity index (χ1v) is 7.29. The van der Waals surface area contributed by atoms with E-state index in [1.807, 2.05) is 0 Å². The minimum Gasteiger partial charge on any atom is -0.393 e. The van der Waals surface area contributed by atoms with Gasteiger partial charge in [0.1, 0.15) is 5.82 Å². The monoisotopic (exact) mass is 255 g/mol. The predicted octanol–water partition coefficient (Wildman–Crippen LogP) is 2.45. The lowest BCUT2D eigenvalue weighted by atomic mass is 9.87. The van der Waals surface area contributed by atoms with Gasteiger partial charge >= 0.3 is 0 Å². The molecule has 1 aromatic rings. The van der Waals surface area contributed by atoms with Crippen LogP contribution in [-0.4, -0.2) is 27.1 Å². The quantitative estimate of drug-likeness (QED) is 0.848. The van der Waals surface area contributed by atoms with Crippen molar-refractivity contribution in [2.45, 2.75) is 51.6 Å². The summed E-state index contributed by atoms with van der Waals surface area (Å²) >= 11 is 1.46. The molecule has 0 atom stereocenters. The summed E-state index contributed by atoms with van der Waals surface area (Å²) in [7, 11) is 0. The summed E-state index contributed by atoms with van der Waals surface area (Å²) in [5, 5.41) is 13.7. The number of hydrogen-bond donors (Lipinski definition) is 2. The average Bonchev–Trinajstić information content (AvgIpc) is 2.77. The molecule has 0 aromatic carbocycles. The van der Waals surface area contributed by atoms with E-state index in [1.54, 1.807) is 0 Å². The van der Waals surface area contributed by atoms with Gasteiger partial charge in [0.15, 0.2) is 0 Å². The van der Waals surface area contributed by atoms with Crippen LogP contribution in [0.2, 0.25) is 0 Å². The number of aliphatic hydroxyl groups is 1. The molecule has 0 bridgehead atoms. The highest BCUT2D eigenvalue weighted by molar-refractivity contribution is 7.09. The number of aryl methyl sites for hydroxylation is 1. The zero-order valence-corrected chi connectivity index (χ0v) is 11.2. The first-order valence-electron chi connectivity index (χ1n) is 6.52. The van der Waals surface area contributed by atoms with Crippen LogP contribution in [0.1, 0.15) is 44.9 Å². The molecule has 0 unspecified atom stereocenters. The number of aliphatic hydroxyl groups excluding tert-OH is 1. The second kappa shape index (κ2) is 6.31. The third-order valence-corrected chi connectivity index (χ3v) is 4.01. The Bertz CT molecular complexity index is 334. The first-order chi connectivity index (χ1) is 8.28.